The fourth-order valence-electron chi connectivity index (χ4n) is 5.49. The van der Waals surface area contributed by atoms with E-state index < -0.39 is 32.5 Å². The van der Waals surface area contributed by atoms with Gasteiger partial charge in [-0.05, 0) is 25.7 Å². The molecular weight excluding hydrogens is 689 g/mol. The Kier molecular flexibility index (Phi) is 37.7. The van der Waals surface area contributed by atoms with E-state index in [-0.39, 0.29) is 32.6 Å². The lowest BCUT2D eigenvalue weighted by Gasteiger charge is -2.19. The van der Waals surface area contributed by atoms with Crippen LogP contribution in [0.3, 0.4) is 0 Å². The first kappa shape index (κ1) is 50.7. The molecule has 0 spiro atoms. The van der Waals surface area contributed by atoms with Crippen molar-refractivity contribution in [2.45, 2.75) is 174 Å². The van der Waals surface area contributed by atoms with Gasteiger partial charge in [0, 0.05) is 19.4 Å². The molecule has 9 nitrogen and oxygen atoms in total. The number of ether oxygens (including phenoxy) is 2. The quantitative estimate of drug-likeness (QED) is 0.0272. The third-order valence-electron chi connectivity index (χ3n) is 8.55. The molecule has 10 heteroatoms. The summed E-state index contributed by atoms with van der Waals surface area (Å²) in [4.78, 5) is 34.7. The van der Waals surface area contributed by atoms with Gasteiger partial charge in [0.1, 0.15) is 6.61 Å². The van der Waals surface area contributed by atoms with E-state index in [1.54, 1.807) is 0 Å². The summed E-state index contributed by atoms with van der Waals surface area (Å²) in [5, 5.41) is 0. The molecule has 0 fully saturated rings. The minimum absolute atomic E-state index is 0.0403. The Morgan fingerprint density at radius 1 is 0.585 bits per heavy atom. The molecule has 0 radical (unpaired) electrons. The lowest BCUT2D eigenvalue weighted by molar-refractivity contribution is -0.161. The van der Waals surface area contributed by atoms with Crippen LogP contribution in [0.25, 0.3) is 0 Å². The fourth-order valence-corrected chi connectivity index (χ4v) is 6.25. The van der Waals surface area contributed by atoms with Gasteiger partial charge in [0.05, 0.1) is 13.2 Å². The second-order valence-corrected chi connectivity index (χ2v) is 15.1. The number of rotatable bonds is 38. The Bertz CT molecular complexity index is 1050. The van der Waals surface area contributed by atoms with E-state index in [0.29, 0.717) is 12.8 Å². The second kappa shape index (κ2) is 39.4. The highest BCUT2D eigenvalue weighted by molar-refractivity contribution is 7.47. The summed E-state index contributed by atoms with van der Waals surface area (Å²) in [6.07, 6.45) is 45.6. The molecule has 0 aliphatic carbocycles. The van der Waals surface area contributed by atoms with Gasteiger partial charge in [-0.3, -0.25) is 18.6 Å². The highest BCUT2D eigenvalue weighted by Crippen LogP contribution is 2.43. The van der Waals surface area contributed by atoms with E-state index >= 15 is 0 Å². The van der Waals surface area contributed by atoms with Crippen LogP contribution < -0.4 is 5.73 Å². The Hall–Kier alpha value is -2.29. The molecule has 3 N–H and O–H groups in total. The van der Waals surface area contributed by atoms with Crippen molar-refractivity contribution in [3.05, 3.63) is 60.8 Å². The molecule has 0 amide bonds. The molecule has 0 aromatic rings. The Labute approximate surface area is 323 Å². The summed E-state index contributed by atoms with van der Waals surface area (Å²) in [6, 6.07) is 0. The Morgan fingerprint density at radius 2 is 1.04 bits per heavy atom. The first-order chi connectivity index (χ1) is 25.8. The maximum absolute atomic E-state index is 12.5. The van der Waals surface area contributed by atoms with Gasteiger partial charge in [-0.2, -0.15) is 0 Å². The predicted octanol–water partition coefficient (Wildman–Crippen LogP) is 11.7. The number of unbranched alkanes of at least 4 members (excludes halogenated alkanes) is 19. The number of phosphoric acid groups is 1. The number of nitrogens with two attached hydrogens (primary N) is 1. The number of phosphoric ester groups is 1. The first-order valence-corrected chi connectivity index (χ1v) is 22.3. The van der Waals surface area contributed by atoms with Crippen LogP contribution in [0, 0.1) is 0 Å². The van der Waals surface area contributed by atoms with Crippen LogP contribution in [0.2, 0.25) is 0 Å². The molecule has 0 saturated carbocycles. The summed E-state index contributed by atoms with van der Waals surface area (Å²) in [6.45, 7) is 3.50. The number of hydrogen-bond acceptors (Lipinski definition) is 8. The molecule has 2 unspecified atom stereocenters. The molecule has 0 rings (SSSR count). The Morgan fingerprint density at radius 3 is 1.53 bits per heavy atom. The van der Waals surface area contributed by atoms with Crippen molar-refractivity contribution in [2.24, 2.45) is 5.73 Å². The van der Waals surface area contributed by atoms with Crippen LogP contribution in [0.5, 0.6) is 0 Å². The number of carbonyl (C=O) groups excluding carboxylic acids is 2. The number of esters is 2. The normalized spacial score (nSPS) is 14.0. The minimum atomic E-state index is -4.39. The molecule has 0 heterocycles. The molecule has 53 heavy (non-hydrogen) atoms. The highest BCUT2D eigenvalue weighted by atomic mass is 31.2. The largest absolute Gasteiger partial charge is 0.472 e. The van der Waals surface area contributed by atoms with E-state index in [9.17, 15) is 19.0 Å². The number of hydrogen-bond donors (Lipinski definition) is 2. The first-order valence-electron chi connectivity index (χ1n) is 20.8. The lowest BCUT2D eigenvalue weighted by Crippen LogP contribution is -2.29. The molecule has 0 saturated heterocycles. The SMILES string of the molecule is CC/C=C/C=C/C=C/C=C/C=C/CCCC(=O)OC(COC(=O)CCCCCCCCCCCCCCCCCCCCC)COP(=O)(O)OCCN. The monoisotopic (exact) mass is 766 g/mol. The van der Waals surface area contributed by atoms with Crippen LogP contribution in [-0.4, -0.2) is 49.3 Å². The van der Waals surface area contributed by atoms with Gasteiger partial charge in [0.15, 0.2) is 6.10 Å². The van der Waals surface area contributed by atoms with Crippen molar-refractivity contribution in [1.82, 2.24) is 0 Å². The van der Waals surface area contributed by atoms with E-state index in [4.69, 9.17) is 24.3 Å². The lowest BCUT2D eigenvalue weighted by atomic mass is 10.0. The Balaban J connectivity index is 4.20. The van der Waals surface area contributed by atoms with Crippen molar-refractivity contribution in [3.63, 3.8) is 0 Å². The minimum Gasteiger partial charge on any atom is -0.462 e. The maximum atomic E-state index is 12.5. The molecule has 0 aromatic carbocycles. The molecule has 0 bridgehead atoms. The fraction of sp³-hybridized carbons (Fsp3) is 0.721. The summed E-state index contributed by atoms with van der Waals surface area (Å²) in [7, 11) is -4.39. The topological polar surface area (TPSA) is 134 Å². The zero-order valence-corrected chi connectivity index (χ0v) is 34.4. The van der Waals surface area contributed by atoms with Gasteiger partial charge in [-0.25, -0.2) is 4.57 Å². The molecule has 2 atom stereocenters. The van der Waals surface area contributed by atoms with Crippen molar-refractivity contribution >= 4 is 19.8 Å². The summed E-state index contributed by atoms with van der Waals surface area (Å²) >= 11 is 0. The van der Waals surface area contributed by atoms with E-state index in [1.807, 2.05) is 54.7 Å². The maximum Gasteiger partial charge on any atom is 0.472 e. The van der Waals surface area contributed by atoms with Gasteiger partial charge in [0.25, 0.3) is 0 Å². The van der Waals surface area contributed by atoms with Crippen molar-refractivity contribution in [2.75, 3.05) is 26.4 Å². The number of allylic oxidation sites excluding steroid dienone is 10. The zero-order chi connectivity index (χ0) is 38.9. The summed E-state index contributed by atoms with van der Waals surface area (Å²) < 4.78 is 32.6. The smallest absolute Gasteiger partial charge is 0.462 e. The van der Waals surface area contributed by atoms with Crippen LogP contribution >= 0.6 is 7.82 Å². The van der Waals surface area contributed by atoms with Crippen molar-refractivity contribution in [3.8, 4) is 0 Å². The van der Waals surface area contributed by atoms with Crippen LogP contribution in [0.1, 0.15) is 168 Å². The third-order valence-corrected chi connectivity index (χ3v) is 9.53. The highest BCUT2D eigenvalue weighted by Gasteiger charge is 2.25. The second-order valence-electron chi connectivity index (χ2n) is 13.6. The summed E-state index contributed by atoms with van der Waals surface area (Å²) in [5.74, 6) is -0.915. The standard InChI is InChI=1S/C43H76NO8P/c1-3-5-7-9-11-13-15-17-18-19-20-21-22-24-25-27-29-31-33-35-42(45)49-39-41(40-51-53(47,48)50-38-37-44)52-43(46)36-34-32-30-28-26-23-16-14-12-10-8-6-4-2/h6,8,10,12,14,16,23,26,28,30,41H,3-5,7,9,11,13,15,17-22,24-25,27,29,31-40,44H2,1-2H3,(H,47,48)/b8-6+,12-10+,16-14+,26-23+,30-28+. The van der Waals surface area contributed by atoms with Gasteiger partial charge in [0.2, 0.25) is 0 Å². The van der Waals surface area contributed by atoms with Crippen LogP contribution in [-0.2, 0) is 32.7 Å². The molecule has 0 aliphatic heterocycles. The van der Waals surface area contributed by atoms with E-state index in [0.717, 1.165) is 25.7 Å². The van der Waals surface area contributed by atoms with E-state index in [1.165, 1.54) is 103 Å². The predicted molar refractivity (Wildman–Crippen MR) is 219 cm³/mol. The van der Waals surface area contributed by atoms with E-state index in [2.05, 4.69) is 19.9 Å². The van der Waals surface area contributed by atoms with Crippen molar-refractivity contribution in [1.29, 1.82) is 0 Å². The van der Waals surface area contributed by atoms with Gasteiger partial charge in [-0.1, -0.05) is 190 Å². The average molecular weight is 766 g/mol. The van der Waals surface area contributed by atoms with Gasteiger partial charge >= 0.3 is 19.8 Å². The number of carbonyl (C=O) groups is 2. The van der Waals surface area contributed by atoms with Crippen LogP contribution in [0.4, 0.5) is 0 Å². The molecular formula is C43H76NO8P. The molecule has 0 aromatic heterocycles. The van der Waals surface area contributed by atoms with Crippen molar-refractivity contribution < 1.29 is 37.6 Å². The zero-order valence-electron chi connectivity index (χ0n) is 33.5. The molecule has 306 valence electrons. The van der Waals surface area contributed by atoms with Crippen LogP contribution in [0.15, 0.2) is 60.8 Å². The van der Waals surface area contributed by atoms with Gasteiger partial charge < -0.3 is 20.1 Å². The summed E-state index contributed by atoms with van der Waals surface area (Å²) in [5.41, 5.74) is 5.33. The average Bonchev–Trinajstić information content (AvgIpc) is 3.14. The molecule has 0 aliphatic rings. The third kappa shape index (κ3) is 39.2. The van der Waals surface area contributed by atoms with Gasteiger partial charge in [-0.15, -0.1) is 0 Å².